The monoisotopic (exact) mass is 288 g/mol. The molecule has 4 atom stereocenters. The summed E-state index contributed by atoms with van der Waals surface area (Å²) >= 11 is 0. The summed E-state index contributed by atoms with van der Waals surface area (Å²) in [4.78, 5) is 11.8. The largest absolute Gasteiger partial charge is 0.373 e. The lowest BCUT2D eigenvalue weighted by Crippen LogP contribution is -2.39. The van der Waals surface area contributed by atoms with Crippen molar-refractivity contribution in [2.45, 2.75) is 25.9 Å². The van der Waals surface area contributed by atoms with E-state index in [0.717, 1.165) is 25.5 Å². The zero-order chi connectivity index (χ0) is 14.7. The first-order valence-electron chi connectivity index (χ1n) is 7.92. The van der Waals surface area contributed by atoms with Crippen LogP contribution >= 0.6 is 0 Å². The average Bonchev–Trinajstić information content (AvgIpc) is 3.02. The van der Waals surface area contributed by atoms with Crippen molar-refractivity contribution in [1.82, 2.24) is 10.6 Å². The van der Waals surface area contributed by atoms with Gasteiger partial charge in [-0.25, -0.2) is 4.79 Å². The van der Waals surface area contributed by atoms with Gasteiger partial charge < -0.3 is 15.4 Å². The van der Waals surface area contributed by atoms with Crippen LogP contribution in [-0.4, -0.2) is 25.7 Å². The van der Waals surface area contributed by atoms with Gasteiger partial charge in [-0.2, -0.15) is 0 Å². The second-order valence-corrected chi connectivity index (χ2v) is 6.31. The fraction of sp³-hybridized carbons (Fsp3) is 0.588. The molecule has 2 N–H and O–H groups in total. The van der Waals surface area contributed by atoms with Gasteiger partial charge in [-0.1, -0.05) is 37.3 Å². The molecule has 0 aromatic heterocycles. The molecule has 2 fully saturated rings. The summed E-state index contributed by atoms with van der Waals surface area (Å²) in [5.41, 5.74) is 1.20. The maximum Gasteiger partial charge on any atom is 0.314 e. The molecule has 0 unspecified atom stereocenters. The van der Waals surface area contributed by atoms with Gasteiger partial charge in [-0.3, -0.25) is 0 Å². The van der Waals surface area contributed by atoms with Gasteiger partial charge in [-0.05, 0) is 30.2 Å². The Morgan fingerprint density at radius 1 is 1.19 bits per heavy atom. The maximum absolute atomic E-state index is 11.8. The number of carbonyl (C=O) groups excluding carboxylic acids is 1. The Morgan fingerprint density at radius 3 is 2.52 bits per heavy atom. The summed E-state index contributed by atoms with van der Waals surface area (Å²) in [5, 5.41) is 5.95. The number of benzene rings is 1. The highest BCUT2D eigenvalue weighted by atomic mass is 16.5. The van der Waals surface area contributed by atoms with Crippen LogP contribution in [0.15, 0.2) is 30.3 Å². The molecule has 21 heavy (non-hydrogen) atoms. The van der Waals surface area contributed by atoms with E-state index in [1.165, 1.54) is 12.0 Å². The van der Waals surface area contributed by atoms with Crippen LogP contribution in [0.4, 0.5) is 4.79 Å². The molecule has 1 saturated carbocycles. The minimum absolute atomic E-state index is 0.0483. The van der Waals surface area contributed by atoms with Crippen LogP contribution in [0.3, 0.4) is 0 Å². The zero-order valence-electron chi connectivity index (χ0n) is 12.5. The van der Waals surface area contributed by atoms with Crippen molar-refractivity contribution in [2.75, 3.05) is 19.7 Å². The highest BCUT2D eigenvalue weighted by molar-refractivity contribution is 5.73. The normalized spacial score (nSPS) is 30.9. The molecule has 0 bridgehead atoms. The number of hydrogen-bond donors (Lipinski definition) is 2. The van der Waals surface area contributed by atoms with E-state index in [1.807, 2.05) is 18.2 Å². The Morgan fingerprint density at radius 2 is 1.86 bits per heavy atom. The third-order valence-corrected chi connectivity index (χ3v) is 4.67. The summed E-state index contributed by atoms with van der Waals surface area (Å²) < 4.78 is 5.83. The van der Waals surface area contributed by atoms with Gasteiger partial charge in [-0.15, -0.1) is 0 Å². The molecule has 1 aliphatic carbocycles. The summed E-state index contributed by atoms with van der Waals surface area (Å²) in [5.74, 6) is 1.82. The van der Waals surface area contributed by atoms with Crippen molar-refractivity contribution in [3.63, 3.8) is 0 Å². The van der Waals surface area contributed by atoms with Crippen molar-refractivity contribution < 1.29 is 9.53 Å². The van der Waals surface area contributed by atoms with E-state index in [0.29, 0.717) is 18.4 Å². The van der Waals surface area contributed by atoms with Crippen LogP contribution in [0, 0.1) is 17.8 Å². The van der Waals surface area contributed by atoms with Crippen LogP contribution in [0.2, 0.25) is 0 Å². The maximum atomic E-state index is 11.8. The summed E-state index contributed by atoms with van der Waals surface area (Å²) in [6, 6.07) is 10.2. The lowest BCUT2D eigenvalue weighted by molar-refractivity contribution is 0.0910. The number of rotatable bonds is 5. The summed E-state index contributed by atoms with van der Waals surface area (Å²) in [6.45, 7) is 4.47. The first kappa shape index (κ1) is 14.4. The molecular weight excluding hydrogens is 264 g/mol. The van der Waals surface area contributed by atoms with Gasteiger partial charge in [0.05, 0.1) is 6.10 Å². The molecule has 0 spiro atoms. The van der Waals surface area contributed by atoms with Gasteiger partial charge >= 0.3 is 6.03 Å². The van der Waals surface area contributed by atoms with E-state index >= 15 is 0 Å². The standard InChI is InChI=1S/C17H24N2O2/c1-12-9-15(12)11-19-17(20)18-10-14-7-8-21-16(14)13-5-3-2-4-6-13/h2-6,12,14-16H,7-11H2,1H3,(H2,18,19,20)/t12-,14+,15+,16+/m0/s1. The lowest BCUT2D eigenvalue weighted by Gasteiger charge is -2.19. The molecule has 0 radical (unpaired) electrons. The number of hydrogen-bond acceptors (Lipinski definition) is 2. The zero-order valence-corrected chi connectivity index (χ0v) is 12.5. The van der Waals surface area contributed by atoms with E-state index in [1.54, 1.807) is 0 Å². The van der Waals surface area contributed by atoms with E-state index in [4.69, 9.17) is 4.74 Å². The second-order valence-electron chi connectivity index (χ2n) is 6.31. The molecule has 4 nitrogen and oxygen atoms in total. The quantitative estimate of drug-likeness (QED) is 0.875. The van der Waals surface area contributed by atoms with E-state index < -0.39 is 0 Å². The Bertz CT molecular complexity index is 477. The van der Waals surface area contributed by atoms with Gasteiger partial charge in [0.15, 0.2) is 0 Å². The van der Waals surface area contributed by atoms with Gasteiger partial charge in [0.25, 0.3) is 0 Å². The van der Waals surface area contributed by atoms with Crippen LogP contribution in [0.25, 0.3) is 0 Å². The molecular formula is C17H24N2O2. The minimum atomic E-state index is -0.0483. The van der Waals surface area contributed by atoms with Crippen molar-refractivity contribution in [3.05, 3.63) is 35.9 Å². The molecule has 3 rings (SSSR count). The van der Waals surface area contributed by atoms with Crippen LogP contribution in [0.5, 0.6) is 0 Å². The third kappa shape index (κ3) is 3.76. The van der Waals surface area contributed by atoms with Crippen molar-refractivity contribution in [2.24, 2.45) is 17.8 Å². The predicted octanol–water partition coefficient (Wildman–Crippen LogP) is 2.72. The molecule has 4 heteroatoms. The van der Waals surface area contributed by atoms with Crippen LogP contribution in [-0.2, 0) is 4.74 Å². The Labute approximate surface area is 126 Å². The van der Waals surface area contributed by atoms with Gasteiger partial charge in [0.2, 0.25) is 0 Å². The molecule has 1 heterocycles. The molecule has 1 aromatic rings. The highest BCUT2D eigenvalue weighted by Gasteiger charge is 2.33. The molecule has 2 aliphatic rings. The fourth-order valence-corrected chi connectivity index (χ4v) is 3.05. The topological polar surface area (TPSA) is 50.4 Å². The number of carbonyl (C=O) groups is 1. The second kappa shape index (κ2) is 6.48. The first-order valence-corrected chi connectivity index (χ1v) is 7.92. The Kier molecular flexibility index (Phi) is 4.44. The summed E-state index contributed by atoms with van der Waals surface area (Å²) in [7, 11) is 0. The van der Waals surface area contributed by atoms with Crippen LogP contribution in [0.1, 0.15) is 31.4 Å². The van der Waals surface area contributed by atoms with E-state index in [2.05, 4.69) is 29.7 Å². The SMILES string of the molecule is C[C@H]1C[C@@H]1CNC(=O)NC[C@H]1CCO[C@@H]1c1ccccc1. The van der Waals surface area contributed by atoms with E-state index in [-0.39, 0.29) is 12.1 Å². The number of nitrogens with one attached hydrogen (secondary N) is 2. The Hall–Kier alpha value is -1.55. The number of ether oxygens (including phenoxy) is 1. The van der Waals surface area contributed by atoms with Crippen molar-refractivity contribution >= 4 is 6.03 Å². The van der Waals surface area contributed by atoms with Gasteiger partial charge in [0.1, 0.15) is 0 Å². The smallest absolute Gasteiger partial charge is 0.314 e. The average molecular weight is 288 g/mol. The van der Waals surface area contributed by atoms with Crippen molar-refractivity contribution in [3.8, 4) is 0 Å². The summed E-state index contributed by atoms with van der Waals surface area (Å²) in [6.07, 6.45) is 2.35. The van der Waals surface area contributed by atoms with E-state index in [9.17, 15) is 4.79 Å². The van der Waals surface area contributed by atoms with Gasteiger partial charge in [0, 0.05) is 25.6 Å². The number of urea groups is 1. The minimum Gasteiger partial charge on any atom is -0.373 e. The van der Waals surface area contributed by atoms with Crippen molar-refractivity contribution in [1.29, 1.82) is 0 Å². The van der Waals surface area contributed by atoms with Crippen LogP contribution < -0.4 is 10.6 Å². The molecule has 1 aliphatic heterocycles. The lowest BCUT2D eigenvalue weighted by atomic mass is 9.95. The number of amides is 2. The Balaban J connectivity index is 1.44. The third-order valence-electron chi connectivity index (χ3n) is 4.67. The molecule has 2 amide bonds. The highest BCUT2D eigenvalue weighted by Crippen LogP contribution is 2.36. The first-order chi connectivity index (χ1) is 10.2. The molecule has 114 valence electrons. The fourth-order valence-electron chi connectivity index (χ4n) is 3.05. The predicted molar refractivity (Wildman–Crippen MR) is 81.9 cm³/mol. The molecule has 1 aromatic carbocycles. The molecule has 1 saturated heterocycles.